The van der Waals surface area contributed by atoms with Crippen LogP contribution in [-0.2, 0) is 28.5 Å². The zero-order valence-corrected chi connectivity index (χ0v) is 39.1. The van der Waals surface area contributed by atoms with Gasteiger partial charge in [-0.05, 0) is 32.6 Å². The van der Waals surface area contributed by atoms with Crippen LogP contribution in [0.1, 0.15) is 78.1 Å². The Bertz CT molecular complexity index is 1760. The molecule has 14 N–H and O–H groups in total. The minimum atomic E-state index is -2.26. The third-order valence-electron chi connectivity index (χ3n) is 12.6. The van der Waals surface area contributed by atoms with Gasteiger partial charge in [-0.3, -0.25) is 9.59 Å². The van der Waals surface area contributed by atoms with Crippen molar-refractivity contribution in [1.82, 2.24) is 4.90 Å². The first kappa shape index (κ1) is 57.1. The van der Waals surface area contributed by atoms with E-state index in [2.05, 4.69) is 0 Å². The van der Waals surface area contributed by atoms with Crippen LogP contribution in [0.15, 0.2) is 85.1 Å². The summed E-state index contributed by atoms with van der Waals surface area (Å²) in [5.74, 6) is -4.94. The third-order valence-corrected chi connectivity index (χ3v) is 12.6. The van der Waals surface area contributed by atoms with Crippen LogP contribution in [0.4, 0.5) is 0 Å². The van der Waals surface area contributed by atoms with Gasteiger partial charge in [0.1, 0.15) is 12.2 Å². The highest BCUT2D eigenvalue weighted by atomic mass is 16.7. The number of cyclic esters (lactones) is 1. The van der Waals surface area contributed by atoms with Crippen molar-refractivity contribution in [3.8, 4) is 0 Å². The largest absolute Gasteiger partial charge is 0.462 e. The first-order valence-electron chi connectivity index (χ1n) is 23.7. The van der Waals surface area contributed by atoms with E-state index in [0.29, 0.717) is 13.0 Å². The number of ether oxygens (including phenoxy) is 4. The van der Waals surface area contributed by atoms with Crippen LogP contribution in [-0.4, -0.2) is 185 Å². The summed E-state index contributed by atoms with van der Waals surface area (Å²) in [5, 5.41) is 109. The molecule has 0 saturated carbocycles. The SMILES string of the molecule is C[C@H]1C[C@H](O)[C@@H](C)/C=C/C=C/C=C/C=C/C=C/C=C/C=C/C(O[C@@H]2OC[C@@H](O)[C@H](N)[C@@H]2O)C[C@@H]2OC(O)(CC(O)CC(O)C(O)CCC(O)CC(O)CC(=O)O1)C[C@H](O)[C@H]2C(=O)N1CC[C@@H](N)C1. The molecular formula is C49H77N3O16. The molecule has 4 aliphatic rings. The molecule has 3 saturated heterocycles. The van der Waals surface area contributed by atoms with Gasteiger partial charge in [0, 0.05) is 57.2 Å². The first-order valence-corrected chi connectivity index (χ1v) is 23.7. The molecule has 0 aromatic carbocycles. The number of hydrogen-bond donors (Lipinski definition) is 12. The molecule has 0 aromatic heterocycles. The van der Waals surface area contributed by atoms with Crippen LogP contribution >= 0.6 is 0 Å². The smallest absolute Gasteiger partial charge is 0.308 e. The second-order valence-corrected chi connectivity index (χ2v) is 18.7. The van der Waals surface area contributed by atoms with Crippen molar-refractivity contribution in [3.63, 3.8) is 0 Å². The van der Waals surface area contributed by atoms with Gasteiger partial charge in [-0.15, -0.1) is 0 Å². The molecule has 4 aliphatic heterocycles. The molecule has 4 rings (SSSR count). The van der Waals surface area contributed by atoms with Gasteiger partial charge >= 0.3 is 5.97 Å². The number of nitrogens with two attached hydrogens (primary N) is 2. The van der Waals surface area contributed by atoms with Gasteiger partial charge in [0.2, 0.25) is 5.91 Å². The summed E-state index contributed by atoms with van der Waals surface area (Å²) in [7, 11) is 0. The lowest BCUT2D eigenvalue weighted by Crippen LogP contribution is -2.59. The molecule has 0 radical (unpaired) electrons. The van der Waals surface area contributed by atoms with Gasteiger partial charge < -0.3 is 86.4 Å². The maximum Gasteiger partial charge on any atom is 0.308 e. The van der Waals surface area contributed by atoms with Crippen LogP contribution in [0.3, 0.4) is 0 Å². The lowest BCUT2D eigenvalue weighted by Gasteiger charge is -2.46. The topological polar surface area (TPSA) is 329 Å². The highest BCUT2D eigenvalue weighted by Crippen LogP contribution is 2.39. The fourth-order valence-electron chi connectivity index (χ4n) is 8.69. The van der Waals surface area contributed by atoms with E-state index in [1.54, 1.807) is 55.5 Å². The summed E-state index contributed by atoms with van der Waals surface area (Å²) in [6.45, 7) is 3.78. The van der Waals surface area contributed by atoms with E-state index < -0.39 is 135 Å². The molecule has 4 heterocycles. The minimum Gasteiger partial charge on any atom is -0.462 e. The molecule has 2 bridgehead atoms. The second-order valence-electron chi connectivity index (χ2n) is 18.7. The van der Waals surface area contributed by atoms with Crippen LogP contribution in [0.2, 0.25) is 0 Å². The maximum absolute atomic E-state index is 14.1. The van der Waals surface area contributed by atoms with Crippen molar-refractivity contribution in [2.24, 2.45) is 23.3 Å². The number of amides is 1. The van der Waals surface area contributed by atoms with Crippen molar-refractivity contribution < 1.29 is 79.6 Å². The van der Waals surface area contributed by atoms with E-state index in [0.717, 1.165) is 0 Å². The Labute approximate surface area is 399 Å². The van der Waals surface area contributed by atoms with E-state index in [1.165, 1.54) is 4.90 Å². The molecule has 384 valence electrons. The minimum absolute atomic E-state index is 0.0885. The second kappa shape index (κ2) is 28.4. The standard InChI is InChI=1S/C49H77N3O16/c1-30-15-13-11-9-7-5-3-4-6-8-10-12-14-16-36(67-48-46(62)45(51)41(60)29-65-48)25-42-44(47(63)52-20-19-32(50)28-52)40(59)27-49(64,68-42)26-35(55)23-39(58)37(56)18-17-33(53)22-34(54)24-43(61)66-31(2)21-38(30)57/h3-16,30-42,44-46,48,53-60,62,64H,17-29,50-51H2,1-2H3/b4-3+,7-5+,8-6+,11-9+,12-10+,15-13+,16-14+/t30-,31-,32+,33?,34?,35?,36?,37?,38-,39?,40-,41+,42-,44+,45-,46-,48-,49?/m0/s1. The predicted octanol–water partition coefficient (Wildman–Crippen LogP) is -0.448. The number of allylic oxidation sites excluding steroid dienone is 12. The van der Waals surface area contributed by atoms with Crippen molar-refractivity contribution in [2.75, 3.05) is 19.7 Å². The van der Waals surface area contributed by atoms with Gasteiger partial charge in [0.05, 0.1) is 86.0 Å². The number of aliphatic hydroxyl groups is 10. The number of rotatable bonds is 3. The van der Waals surface area contributed by atoms with Gasteiger partial charge in [0.15, 0.2) is 12.1 Å². The molecule has 0 spiro atoms. The normalized spacial score (nSPS) is 44.1. The lowest BCUT2D eigenvalue weighted by atomic mass is 9.81. The van der Waals surface area contributed by atoms with Crippen LogP contribution < -0.4 is 11.5 Å². The number of fused-ring (bicyclic) bond motifs is 2. The highest BCUT2D eigenvalue weighted by Gasteiger charge is 2.52. The average Bonchev–Trinajstić information content (AvgIpc) is 3.70. The molecule has 0 aliphatic carbocycles. The molecule has 19 heteroatoms. The number of likely N-dealkylation sites (tertiary alicyclic amines) is 1. The van der Waals surface area contributed by atoms with Crippen LogP contribution in [0, 0.1) is 11.8 Å². The Morgan fingerprint density at radius 1 is 0.691 bits per heavy atom. The molecule has 1 amide bonds. The summed E-state index contributed by atoms with van der Waals surface area (Å²) < 4.78 is 23.4. The van der Waals surface area contributed by atoms with Gasteiger partial charge in [0.25, 0.3) is 0 Å². The number of carbonyl (C=O) groups excluding carboxylic acids is 2. The monoisotopic (exact) mass is 964 g/mol. The van der Waals surface area contributed by atoms with Crippen LogP contribution in [0.25, 0.3) is 0 Å². The molecule has 19 nitrogen and oxygen atoms in total. The molecule has 3 fully saturated rings. The first-order chi connectivity index (χ1) is 32.2. The maximum atomic E-state index is 14.1. The Hall–Kier alpha value is -3.48. The van der Waals surface area contributed by atoms with Gasteiger partial charge in [-0.1, -0.05) is 92.0 Å². The van der Waals surface area contributed by atoms with Crippen LogP contribution in [0.5, 0.6) is 0 Å². The van der Waals surface area contributed by atoms with Crippen molar-refractivity contribution in [3.05, 3.63) is 85.1 Å². The Morgan fingerprint density at radius 2 is 1.31 bits per heavy atom. The van der Waals surface area contributed by atoms with E-state index in [1.807, 2.05) is 43.4 Å². The highest BCUT2D eigenvalue weighted by molar-refractivity contribution is 5.80. The zero-order chi connectivity index (χ0) is 50.0. The molecule has 18 atom stereocenters. The summed E-state index contributed by atoms with van der Waals surface area (Å²) in [4.78, 5) is 28.1. The number of hydrogen-bond acceptors (Lipinski definition) is 18. The lowest BCUT2D eigenvalue weighted by molar-refractivity contribution is -0.305. The number of aliphatic hydroxyl groups excluding tert-OH is 9. The number of esters is 1. The molecular weight excluding hydrogens is 887 g/mol. The molecule has 68 heavy (non-hydrogen) atoms. The quantitative estimate of drug-likeness (QED) is 0.159. The predicted molar refractivity (Wildman–Crippen MR) is 249 cm³/mol. The fourth-order valence-corrected chi connectivity index (χ4v) is 8.69. The Morgan fingerprint density at radius 3 is 1.93 bits per heavy atom. The summed E-state index contributed by atoms with van der Waals surface area (Å²) >= 11 is 0. The number of nitrogens with zero attached hydrogens (tertiary/aromatic N) is 1. The van der Waals surface area contributed by atoms with Crippen molar-refractivity contribution in [1.29, 1.82) is 0 Å². The van der Waals surface area contributed by atoms with Gasteiger partial charge in [-0.2, -0.15) is 0 Å². The Balaban J connectivity index is 1.58. The van der Waals surface area contributed by atoms with Crippen molar-refractivity contribution >= 4 is 11.9 Å². The van der Waals surface area contributed by atoms with E-state index in [9.17, 15) is 60.7 Å². The van der Waals surface area contributed by atoms with Crippen molar-refractivity contribution in [2.45, 2.75) is 175 Å². The summed E-state index contributed by atoms with van der Waals surface area (Å²) in [5.41, 5.74) is 12.1. The summed E-state index contributed by atoms with van der Waals surface area (Å²) in [6, 6.07) is -1.38. The van der Waals surface area contributed by atoms with E-state index in [-0.39, 0.29) is 57.2 Å². The Kier molecular flexibility index (Phi) is 23.8. The number of carbonyl (C=O) groups is 2. The summed E-state index contributed by atoms with van der Waals surface area (Å²) in [6.07, 6.45) is 6.63. The van der Waals surface area contributed by atoms with E-state index >= 15 is 0 Å². The van der Waals surface area contributed by atoms with Gasteiger partial charge in [-0.25, -0.2) is 0 Å². The molecule has 0 aromatic rings. The molecule has 7 unspecified atom stereocenters. The fraction of sp³-hybridized carbons (Fsp3) is 0.673. The third kappa shape index (κ3) is 19.0. The zero-order valence-electron chi connectivity index (χ0n) is 39.1. The van der Waals surface area contributed by atoms with E-state index in [4.69, 9.17) is 30.4 Å². The average molecular weight is 964 g/mol.